The van der Waals surface area contributed by atoms with E-state index >= 15 is 0 Å². The SMILES string of the molecule is CCCCCCCCCCC=CC(CC(=O)O)(CC(C)C)C(=O)O. The monoisotopic (exact) mass is 340 g/mol. The summed E-state index contributed by atoms with van der Waals surface area (Å²) in [5.74, 6) is -1.96. The summed E-state index contributed by atoms with van der Waals surface area (Å²) in [6.45, 7) is 6.06. The molecule has 0 rings (SSSR count). The summed E-state index contributed by atoms with van der Waals surface area (Å²) in [5, 5.41) is 18.6. The van der Waals surface area contributed by atoms with Gasteiger partial charge in [-0.3, -0.25) is 9.59 Å². The minimum absolute atomic E-state index is 0.133. The molecule has 0 aromatic carbocycles. The van der Waals surface area contributed by atoms with Crippen LogP contribution in [0.5, 0.6) is 0 Å². The third-order valence-corrected chi connectivity index (χ3v) is 4.33. The molecule has 0 aliphatic carbocycles. The fraction of sp³-hybridized carbons (Fsp3) is 0.800. The zero-order valence-corrected chi connectivity index (χ0v) is 15.7. The molecule has 0 aliphatic heterocycles. The molecule has 140 valence electrons. The van der Waals surface area contributed by atoms with Crippen LogP contribution < -0.4 is 0 Å². The first-order valence-electron chi connectivity index (χ1n) is 9.47. The van der Waals surface area contributed by atoms with Gasteiger partial charge in [0.2, 0.25) is 0 Å². The van der Waals surface area contributed by atoms with Crippen LogP contribution in [0.1, 0.15) is 91.4 Å². The predicted octanol–water partition coefficient (Wildman–Crippen LogP) is 5.67. The van der Waals surface area contributed by atoms with Gasteiger partial charge in [-0.2, -0.15) is 0 Å². The van der Waals surface area contributed by atoms with Gasteiger partial charge < -0.3 is 10.2 Å². The highest BCUT2D eigenvalue weighted by Crippen LogP contribution is 2.33. The first-order chi connectivity index (χ1) is 11.3. The third-order valence-electron chi connectivity index (χ3n) is 4.33. The van der Waals surface area contributed by atoms with Crippen molar-refractivity contribution in [3.63, 3.8) is 0 Å². The minimum atomic E-state index is -1.28. The van der Waals surface area contributed by atoms with Crippen LogP contribution in [-0.2, 0) is 9.59 Å². The van der Waals surface area contributed by atoms with E-state index in [2.05, 4.69) is 6.92 Å². The number of unbranched alkanes of at least 4 members (excludes halogenated alkanes) is 8. The summed E-state index contributed by atoms with van der Waals surface area (Å²) in [6, 6.07) is 0. The second-order valence-corrected chi connectivity index (χ2v) is 7.30. The van der Waals surface area contributed by atoms with Crippen LogP contribution in [0.15, 0.2) is 12.2 Å². The Morgan fingerprint density at radius 2 is 1.50 bits per heavy atom. The van der Waals surface area contributed by atoms with Crippen molar-refractivity contribution in [2.24, 2.45) is 11.3 Å². The maximum Gasteiger partial charge on any atom is 0.314 e. The van der Waals surface area contributed by atoms with E-state index < -0.39 is 17.4 Å². The lowest BCUT2D eigenvalue weighted by Crippen LogP contribution is -2.33. The summed E-state index contributed by atoms with van der Waals surface area (Å²) < 4.78 is 0. The van der Waals surface area contributed by atoms with Gasteiger partial charge in [0.1, 0.15) is 0 Å². The number of aliphatic carboxylic acids is 2. The highest BCUT2D eigenvalue weighted by Gasteiger charge is 2.38. The molecule has 0 aromatic rings. The fourth-order valence-electron chi connectivity index (χ4n) is 3.14. The molecule has 1 atom stereocenters. The van der Waals surface area contributed by atoms with Crippen LogP contribution in [0.3, 0.4) is 0 Å². The standard InChI is InChI=1S/C20H36O4/c1-4-5-6-7-8-9-10-11-12-13-14-20(19(23)24,15-17(2)3)16-18(21)22/h13-14,17H,4-12,15-16H2,1-3H3,(H,21,22)(H,23,24). The molecule has 4 nitrogen and oxygen atoms in total. The van der Waals surface area contributed by atoms with Crippen molar-refractivity contribution in [3.8, 4) is 0 Å². The van der Waals surface area contributed by atoms with Gasteiger partial charge in [-0.1, -0.05) is 77.9 Å². The lowest BCUT2D eigenvalue weighted by molar-refractivity contribution is -0.153. The first kappa shape index (κ1) is 22.7. The largest absolute Gasteiger partial charge is 0.481 e. The van der Waals surface area contributed by atoms with Gasteiger partial charge in [0.25, 0.3) is 0 Å². The van der Waals surface area contributed by atoms with E-state index in [1.165, 1.54) is 38.5 Å². The van der Waals surface area contributed by atoms with Gasteiger partial charge in [0.15, 0.2) is 0 Å². The zero-order chi connectivity index (χ0) is 18.4. The van der Waals surface area contributed by atoms with Crippen molar-refractivity contribution in [3.05, 3.63) is 12.2 Å². The molecule has 0 heterocycles. The zero-order valence-electron chi connectivity index (χ0n) is 15.7. The molecule has 24 heavy (non-hydrogen) atoms. The predicted molar refractivity (Wildman–Crippen MR) is 98.1 cm³/mol. The maximum absolute atomic E-state index is 11.7. The number of carboxylic acid groups (broad SMARTS) is 2. The van der Waals surface area contributed by atoms with Gasteiger partial charge in [-0.25, -0.2) is 0 Å². The summed E-state index contributed by atoms with van der Waals surface area (Å²) in [4.78, 5) is 22.8. The Labute approximate surface area is 147 Å². The molecule has 0 aliphatic rings. The Morgan fingerprint density at radius 1 is 0.958 bits per heavy atom. The summed E-state index contributed by atoms with van der Waals surface area (Å²) in [7, 11) is 0. The fourth-order valence-corrected chi connectivity index (χ4v) is 3.14. The van der Waals surface area contributed by atoms with E-state index in [9.17, 15) is 14.7 Å². The topological polar surface area (TPSA) is 74.6 Å². The molecule has 0 aromatic heterocycles. The van der Waals surface area contributed by atoms with E-state index in [0.717, 1.165) is 19.3 Å². The number of allylic oxidation sites excluding steroid dienone is 1. The Morgan fingerprint density at radius 3 is 1.96 bits per heavy atom. The minimum Gasteiger partial charge on any atom is -0.481 e. The highest BCUT2D eigenvalue weighted by molar-refractivity contribution is 5.83. The van der Waals surface area contributed by atoms with Gasteiger partial charge in [-0.05, 0) is 25.2 Å². The Hall–Kier alpha value is -1.32. The maximum atomic E-state index is 11.7. The van der Waals surface area contributed by atoms with Gasteiger partial charge in [0, 0.05) is 0 Å². The molecular weight excluding hydrogens is 304 g/mol. The quantitative estimate of drug-likeness (QED) is 0.298. The van der Waals surface area contributed by atoms with Crippen molar-refractivity contribution in [2.75, 3.05) is 0 Å². The number of carbonyl (C=O) groups is 2. The van der Waals surface area contributed by atoms with E-state index in [4.69, 9.17) is 5.11 Å². The van der Waals surface area contributed by atoms with Gasteiger partial charge in [-0.15, -0.1) is 0 Å². The van der Waals surface area contributed by atoms with Gasteiger partial charge in [0.05, 0.1) is 11.8 Å². The van der Waals surface area contributed by atoms with Crippen molar-refractivity contribution in [1.82, 2.24) is 0 Å². The third kappa shape index (κ3) is 10.5. The van der Waals surface area contributed by atoms with Crippen LogP contribution >= 0.6 is 0 Å². The Kier molecular flexibility index (Phi) is 12.3. The van der Waals surface area contributed by atoms with E-state index in [0.29, 0.717) is 6.42 Å². The molecule has 1 unspecified atom stereocenters. The average Bonchev–Trinajstić information content (AvgIpc) is 2.47. The smallest absolute Gasteiger partial charge is 0.314 e. The first-order valence-corrected chi connectivity index (χ1v) is 9.47. The molecule has 0 amide bonds. The lowest BCUT2D eigenvalue weighted by atomic mass is 9.77. The van der Waals surface area contributed by atoms with Crippen LogP contribution in [0.4, 0.5) is 0 Å². The van der Waals surface area contributed by atoms with Crippen LogP contribution in [-0.4, -0.2) is 22.2 Å². The molecule has 0 saturated carbocycles. The highest BCUT2D eigenvalue weighted by atomic mass is 16.4. The van der Waals surface area contributed by atoms with Crippen LogP contribution in [0.2, 0.25) is 0 Å². The Balaban J connectivity index is 4.30. The number of hydrogen-bond donors (Lipinski definition) is 2. The van der Waals surface area contributed by atoms with E-state index in [1.54, 1.807) is 6.08 Å². The van der Waals surface area contributed by atoms with Crippen LogP contribution in [0, 0.1) is 11.3 Å². The van der Waals surface area contributed by atoms with Crippen molar-refractivity contribution < 1.29 is 19.8 Å². The summed E-state index contributed by atoms with van der Waals surface area (Å²) >= 11 is 0. The van der Waals surface area contributed by atoms with Crippen molar-refractivity contribution >= 4 is 11.9 Å². The van der Waals surface area contributed by atoms with Crippen LogP contribution in [0.25, 0.3) is 0 Å². The number of hydrogen-bond acceptors (Lipinski definition) is 2. The molecule has 2 N–H and O–H groups in total. The second kappa shape index (κ2) is 13.0. The molecule has 0 spiro atoms. The average molecular weight is 341 g/mol. The molecule has 0 saturated heterocycles. The van der Waals surface area contributed by atoms with E-state index in [1.807, 2.05) is 19.9 Å². The Bertz CT molecular complexity index is 387. The van der Waals surface area contributed by atoms with Crippen molar-refractivity contribution in [1.29, 1.82) is 0 Å². The molecule has 0 bridgehead atoms. The number of rotatable bonds is 15. The molecule has 4 heteroatoms. The molecule has 0 fully saturated rings. The van der Waals surface area contributed by atoms with E-state index in [-0.39, 0.29) is 12.3 Å². The second-order valence-electron chi connectivity index (χ2n) is 7.30. The number of carboxylic acids is 2. The lowest BCUT2D eigenvalue weighted by Gasteiger charge is -2.26. The molecule has 0 radical (unpaired) electrons. The normalized spacial score (nSPS) is 14.2. The molecular formula is C20H36O4. The summed E-state index contributed by atoms with van der Waals surface area (Å²) in [6.07, 6.45) is 14.2. The van der Waals surface area contributed by atoms with Gasteiger partial charge >= 0.3 is 11.9 Å². The van der Waals surface area contributed by atoms with Crippen molar-refractivity contribution in [2.45, 2.75) is 91.4 Å². The summed E-state index contributed by atoms with van der Waals surface area (Å²) in [5.41, 5.74) is -1.28.